The molecule has 0 saturated carbocycles. The molecule has 0 saturated heterocycles. The van der Waals surface area contributed by atoms with E-state index < -0.39 is 5.97 Å². The maximum atomic E-state index is 12.3. The van der Waals surface area contributed by atoms with Crippen LogP contribution in [0.4, 0.5) is 5.69 Å². The number of nitrogens with zero attached hydrogens (tertiary/aromatic N) is 4. The zero-order valence-corrected chi connectivity index (χ0v) is 12.6. The molecule has 8 heteroatoms. The van der Waals surface area contributed by atoms with Crippen molar-refractivity contribution >= 4 is 17.6 Å². The van der Waals surface area contributed by atoms with Crippen molar-refractivity contribution < 1.29 is 14.3 Å². The predicted octanol–water partition coefficient (Wildman–Crippen LogP) is 0.809. The molecule has 2 aromatic rings. The van der Waals surface area contributed by atoms with Gasteiger partial charge >= 0.3 is 5.97 Å². The Labute approximate surface area is 121 Å². The first-order chi connectivity index (χ1) is 9.85. The number of aromatic nitrogens is 4. The highest BCUT2D eigenvalue weighted by Gasteiger charge is 2.23. The number of carbonyl (C=O) groups excluding carboxylic acids is 2. The highest BCUT2D eigenvalue weighted by atomic mass is 16.5. The summed E-state index contributed by atoms with van der Waals surface area (Å²) < 4.78 is 7.67. The molecule has 0 unspecified atom stereocenters. The molecule has 0 spiro atoms. The summed E-state index contributed by atoms with van der Waals surface area (Å²) in [6.07, 6.45) is 0. The molecule has 1 N–H and O–H groups in total. The number of aryl methyl sites for hydroxylation is 3. The van der Waals surface area contributed by atoms with Crippen molar-refractivity contribution in [1.29, 1.82) is 0 Å². The van der Waals surface area contributed by atoms with Gasteiger partial charge in [-0.15, -0.1) is 0 Å². The summed E-state index contributed by atoms with van der Waals surface area (Å²) in [5.41, 5.74) is 2.20. The quantitative estimate of drug-likeness (QED) is 0.845. The highest BCUT2D eigenvalue weighted by molar-refractivity contribution is 6.07. The summed E-state index contributed by atoms with van der Waals surface area (Å²) in [6.45, 7) is 3.55. The Morgan fingerprint density at radius 2 is 1.86 bits per heavy atom. The van der Waals surface area contributed by atoms with Crippen LogP contribution in [0.15, 0.2) is 6.07 Å². The topological polar surface area (TPSA) is 91.0 Å². The van der Waals surface area contributed by atoms with E-state index in [9.17, 15) is 9.59 Å². The summed E-state index contributed by atoms with van der Waals surface area (Å²) >= 11 is 0. The van der Waals surface area contributed by atoms with Crippen LogP contribution in [-0.4, -0.2) is 38.5 Å². The van der Waals surface area contributed by atoms with Crippen LogP contribution in [0.25, 0.3) is 0 Å². The molecular formula is C13H17N5O3. The largest absolute Gasteiger partial charge is 0.464 e. The van der Waals surface area contributed by atoms with Gasteiger partial charge in [-0.25, -0.2) is 4.79 Å². The number of carbonyl (C=O) groups is 2. The van der Waals surface area contributed by atoms with Crippen LogP contribution in [-0.2, 0) is 18.8 Å². The monoisotopic (exact) mass is 291 g/mol. The number of hydrogen-bond donors (Lipinski definition) is 1. The van der Waals surface area contributed by atoms with Crippen LogP contribution < -0.4 is 5.32 Å². The van der Waals surface area contributed by atoms with Crippen molar-refractivity contribution in [1.82, 2.24) is 19.6 Å². The normalized spacial score (nSPS) is 10.5. The van der Waals surface area contributed by atoms with Gasteiger partial charge in [0, 0.05) is 14.1 Å². The van der Waals surface area contributed by atoms with Crippen LogP contribution in [0, 0.1) is 13.8 Å². The molecule has 0 aliphatic carbocycles. The first kappa shape index (κ1) is 14.8. The lowest BCUT2D eigenvalue weighted by Crippen LogP contribution is -2.18. The molecule has 2 rings (SSSR count). The second-order valence-electron chi connectivity index (χ2n) is 4.67. The van der Waals surface area contributed by atoms with E-state index in [4.69, 9.17) is 0 Å². The Balaban J connectivity index is 2.37. The minimum atomic E-state index is -0.602. The fourth-order valence-corrected chi connectivity index (χ4v) is 2.00. The zero-order chi connectivity index (χ0) is 15.7. The maximum absolute atomic E-state index is 12.3. The van der Waals surface area contributed by atoms with Crippen LogP contribution in [0.3, 0.4) is 0 Å². The number of esters is 1. The minimum Gasteiger partial charge on any atom is -0.464 e. The average Bonchev–Trinajstić information content (AvgIpc) is 2.91. The third-order valence-corrected chi connectivity index (χ3v) is 3.19. The number of amides is 1. The van der Waals surface area contributed by atoms with Crippen molar-refractivity contribution in [3.05, 3.63) is 28.8 Å². The van der Waals surface area contributed by atoms with Crippen molar-refractivity contribution in [3.8, 4) is 0 Å². The van der Waals surface area contributed by atoms with E-state index in [2.05, 4.69) is 20.3 Å². The van der Waals surface area contributed by atoms with E-state index in [1.165, 1.54) is 16.5 Å². The summed E-state index contributed by atoms with van der Waals surface area (Å²) in [6, 6.07) is 1.67. The van der Waals surface area contributed by atoms with Gasteiger partial charge < -0.3 is 10.1 Å². The molecule has 0 bridgehead atoms. The second-order valence-corrected chi connectivity index (χ2v) is 4.67. The first-order valence-corrected chi connectivity index (χ1v) is 6.29. The fraction of sp³-hybridized carbons (Fsp3) is 0.385. The van der Waals surface area contributed by atoms with Gasteiger partial charge in [-0.2, -0.15) is 10.2 Å². The molecule has 21 heavy (non-hydrogen) atoms. The third-order valence-electron chi connectivity index (χ3n) is 3.19. The molecular weight excluding hydrogens is 274 g/mol. The smallest absolute Gasteiger partial charge is 0.360 e. The van der Waals surface area contributed by atoms with E-state index in [1.54, 1.807) is 34.0 Å². The summed E-state index contributed by atoms with van der Waals surface area (Å²) in [5, 5.41) is 10.9. The maximum Gasteiger partial charge on any atom is 0.360 e. The summed E-state index contributed by atoms with van der Waals surface area (Å²) in [4.78, 5) is 24.0. The second kappa shape index (κ2) is 5.39. The predicted molar refractivity (Wildman–Crippen MR) is 75.2 cm³/mol. The number of ether oxygens (including phenoxy) is 1. The van der Waals surface area contributed by atoms with Crippen molar-refractivity contribution in [2.24, 2.45) is 14.1 Å². The molecule has 8 nitrogen and oxygen atoms in total. The standard InChI is InChI=1S/C13H17N5O3/c1-7-6-9(18(4)15-7)12(19)14-10-8(2)17(3)16-11(10)13(20)21-5/h6H,1-5H3,(H,14,19). The first-order valence-electron chi connectivity index (χ1n) is 6.29. The van der Waals surface area contributed by atoms with E-state index in [-0.39, 0.29) is 11.6 Å². The van der Waals surface area contributed by atoms with Crippen LogP contribution in [0.1, 0.15) is 32.4 Å². The lowest BCUT2D eigenvalue weighted by atomic mass is 10.2. The lowest BCUT2D eigenvalue weighted by molar-refractivity contribution is 0.0594. The van der Waals surface area contributed by atoms with Crippen molar-refractivity contribution in [2.45, 2.75) is 13.8 Å². The molecule has 2 heterocycles. The van der Waals surface area contributed by atoms with Crippen LogP contribution >= 0.6 is 0 Å². The lowest BCUT2D eigenvalue weighted by Gasteiger charge is -2.06. The van der Waals surface area contributed by atoms with Gasteiger partial charge in [-0.3, -0.25) is 14.2 Å². The Kier molecular flexibility index (Phi) is 3.79. The molecule has 112 valence electrons. The summed E-state index contributed by atoms with van der Waals surface area (Å²) in [7, 11) is 4.63. The average molecular weight is 291 g/mol. The van der Waals surface area contributed by atoms with Crippen molar-refractivity contribution in [3.63, 3.8) is 0 Å². The van der Waals surface area contributed by atoms with Gasteiger partial charge in [-0.1, -0.05) is 0 Å². The van der Waals surface area contributed by atoms with Crippen molar-refractivity contribution in [2.75, 3.05) is 12.4 Å². The molecule has 0 fully saturated rings. The van der Waals surface area contributed by atoms with Gasteiger partial charge in [0.2, 0.25) is 0 Å². The SMILES string of the molecule is COC(=O)c1nn(C)c(C)c1NC(=O)c1cc(C)nn1C. The number of methoxy groups -OCH3 is 1. The van der Waals surface area contributed by atoms with Gasteiger partial charge in [0.05, 0.1) is 24.2 Å². The Morgan fingerprint density at radius 1 is 1.19 bits per heavy atom. The number of rotatable bonds is 3. The molecule has 0 aliphatic rings. The Bertz CT molecular complexity index is 714. The molecule has 0 aromatic carbocycles. The van der Waals surface area contributed by atoms with Crippen LogP contribution in [0.5, 0.6) is 0 Å². The van der Waals surface area contributed by atoms with Gasteiger partial charge in [0.1, 0.15) is 5.69 Å². The Morgan fingerprint density at radius 3 is 2.38 bits per heavy atom. The fourth-order valence-electron chi connectivity index (χ4n) is 2.00. The van der Waals surface area contributed by atoms with E-state index >= 15 is 0 Å². The number of anilines is 1. The van der Waals surface area contributed by atoms with Gasteiger partial charge in [0.15, 0.2) is 5.69 Å². The minimum absolute atomic E-state index is 0.0738. The Hall–Kier alpha value is -2.64. The molecule has 1 amide bonds. The van der Waals surface area contributed by atoms with E-state index in [0.717, 1.165) is 5.69 Å². The van der Waals surface area contributed by atoms with E-state index in [0.29, 0.717) is 17.1 Å². The van der Waals surface area contributed by atoms with Crippen LogP contribution in [0.2, 0.25) is 0 Å². The molecule has 2 aromatic heterocycles. The van der Waals surface area contributed by atoms with E-state index in [1.807, 2.05) is 0 Å². The number of nitrogens with one attached hydrogen (secondary N) is 1. The van der Waals surface area contributed by atoms with Gasteiger partial charge in [0.25, 0.3) is 5.91 Å². The highest BCUT2D eigenvalue weighted by Crippen LogP contribution is 2.21. The molecule has 0 atom stereocenters. The number of hydrogen-bond acceptors (Lipinski definition) is 5. The third kappa shape index (κ3) is 2.64. The van der Waals surface area contributed by atoms with Gasteiger partial charge in [-0.05, 0) is 19.9 Å². The zero-order valence-electron chi connectivity index (χ0n) is 12.6. The molecule has 0 aliphatic heterocycles. The summed E-state index contributed by atoms with van der Waals surface area (Å²) in [5.74, 6) is -0.963. The molecule has 0 radical (unpaired) electrons.